The Bertz CT molecular complexity index is 1110. The van der Waals surface area contributed by atoms with E-state index in [1.807, 2.05) is 24.3 Å². The molecule has 0 fully saturated rings. The van der Waals surface area contributed by atoms with Crippen molar-refractivity contribution in [3.8, 4) is 28.7 Å². The summed E-state index contributed by atoms with van der Waals surface area (Å²) < 4.78 is 15.9. The molecular weight excluding hydrogens is 394 g/mol. The first-order chi connectivity index (χ1) is 15.1. The Hall–Kier alpha value is -4.37. The van der Waals surface area contributed by atoms with Crippen LogP contribution in [0.5, 0.6) is 11.5 Å². The van der Waals surface area contributed by atoms with Crippen LogP contribution in [0, 0.1) is 11.3 Å². The maximum Gasteiger partial charge on any atom is 0.343 e. The summed E-state index contributed by atoms with van der Waals surface area (Å²) in [4.78, 5) is 23.6. The van der Waals surface area contributed by atoms with Gasteiger partial charge in [-0.3, -0.25) is 0 Å². The third-order valence-corrected chi connectivity index (χ3v) is 4.27. The van der Waals surface area contributed by atoms with Gasteiger partial charge in [-0.25, -0.2) is 9.59 Å². The molecule has 0 N–H and O–H groups in total. The van der Waals surface area contributed by atoms with Crippen LogP contribution in [0.15, 0.2) is 85.5 Å². The molecule has 0 saturated heterocycles. The number of nitriles is 1. The average molecular weight is 413 g/mol. The van der Waals surface area contributed by atoms with Crippen molar-refractivity contribution in [2.24, 2.45) is 0 Å². The number of hydrogen-bond donors (Lipinski definition) is 0. The van der Waals surface area contributed by atoms with Crippen molar-refractivity contribution in [1.82, 2.24) is 0 Å². The van der Waals surface area contributed by atoms with Gasteiger partial charge in [0.1, 0.15) is 24.7 Å². The molecule has 0 spiro atoms. The van der Waals surface area contributed by atoms with E-state index in [0.717, 1.165) is 17.2 Å². The highest BCUT2D eigenvalue weighted by Gasteiger charge is 2.13. The zero-order valence-electron chi connectivity index (χ0n) is 16.6. The minimum absolute atomic E-state index is 0.0980. The molecule has 0 amide bonds. The Morgan fingerprint density at radius 3 is 2.32 bits per heavy atom. The minimum Gasteiger partial charge on any atom is -0.490 e. The van der Waals surface area contributed by atoms with Crippen molar-refractivity contribution in [2.45, 2.75) is 0 Å². The van der Waals surface area contributed by atoms with Crippen molar-refractivity contribution in [2.75, 3.05) is 13.2 Å². The van der Waals surface area contributed by atoms with Crippen LogP contribution in [0.1, 0.15) is 15.9 Å². The van der Waals surface area contributed by atoms with Crippen LogP contribution in [0.4, 0.5) is 0 Å². The van der Waals surface area contributed by atoms with Crippen molar-refractivity contribution < 1.29 is 23.8 Å². The van der Waals surface area contributed by atoms with Crippen LogP contribution in [0.2, 0.25) is 0 Å². The van der Waals surface area contributed by atoms with Crippen LogP contribution in [0.3, 0.4) is 0 Å². The van der Waals surface area contributed by atoms with Crippen molar-refractivity contribution in [3.63, 3.8) is 0 Å². The normalized spacial score (nSPS) is 9.90. The van der Waals surface area contributed by atoms with Gasteiger partial charge in [0.25, 0.3) is 0 Å². The number of para-hydroxylation sites is 1. The molecule has 0 aliphatic rings. The zero-order valence-corrected chi connectivity index (χ0v) is 16.6. The Kier molecular flexibility index (Phi) is 7.17. The Balaban J connectivity index is 1.64. The van der Waals surface area contributed by atoms with Gasteiger partial charge in [0.05, 0.1) is 17.2 Å². The molecule has 0 radical (unpaired) electrons. The first-order valence-corrected chi connectivity index (χ1v) is 9.44. The second-order valence-electron chi connectivity index (χ2n) is 6.32. The molecule has 6 heteroatoms. The second kappa shape index (κ2) is 10.4. The number of nitrogens with zero attached hydrogens (tertiary/aromatic N) is 1. The van der Waals surface area contributed by atoms with Crippen LogP contribution in [-0.2, 0) is 9.53 Å². The highest BCUT2D eigenvalue weighted by atomic mass is 16.6. The summed E-state index contributed by atoms with van der Waals surface area (Å²) in [6.45, 7) is 3.59. The maximum absolute atomic E-state index is 12.6. The highest BCUT2D eigenvalue weighted by molar-refractivity contribution is 5.92. The van der Waals surface area contributed by atoms with Crippen molar-refractivity contribution >= 4 is 11.9 Å². The van der Waals surface area contributed by atoms with E-state index in [2.05, 4.69) is 12.6 Å². The molecule has 3 rings (SSSR count). The summed E-state index contributed by atoms with van der Waals surface area (Å²) in [5.74, 6) is -0.0682. The van der Waals surface area contributed by atoms with Gasteiger partial charge < -0.3 is 14.2 Å². The van der Waals surface area contributed by atoms with E-state index in [9.17, 15) is 9.59 Å². The lowest BCUT2D eigenvalue weighted by atomic mass is 10.0. The molecular formula is C25H19NO5. The number of esters is 2. The average Bonchev–Trinajstić information content (AvgIpc) is 2.82. The maximum atomic E-state index is 12.6. The number of carbonyl (C=O) groups is 2. The molecule has 0 bridgehead atoms. The summed E-state index contributed by atoms with van der Waals surface area (Å²) in [5, 5.41) is 8.96. The predicted molar refractivity (Wildman–Crippen MR) is 115 cm³/mol. The van der Waals surface area contributed by atoms with E-state index in [0.29, 0.717) is 22.6 Å². The highest BCUT2D eigenvalue weighted by Crippen LogP contribution is 2.30. The van der Waals surface area contributed by atoms with Crippen LogP contribution < -0.4 is 9.47 Å². The first-order valence-electron chi connectivity index (χ1n) is 9.44. The lowest BCUT2D eigenvalue weighted by Gasteiger charge is -2.11. The number of hydrogen-bond acceptors (Lipinski definition) is 6. The standard InChI is InChI=1S/C25H19NO5/c1-2-24(27)30-16-15-29-21-13-11-20(12-14-21)25(28)31-23-6-4-3-5-22(23)19-9-7-18(17-26)8-10-19/h2-14H,1,15-16H2. The van der Waals surface area contributed by atoms with Crippen LogP contribution in [-0.4, -0.2) is 25.2 Å². The largest absolute Gasteiger partial charge is 0.490 e. The predicted octanol–water partition coefficient (Wildman–Crippen LogP) is 4.55. The van der Waals surface area contributed by atoms with Crippen molar-refractivity contribution in [1.29, 1.82) is 5.26 Å². The third kappa shape index (κ3) is 5.81. The van der Waals surface area contributed by atoms with E-state index in [1.165, 1.54) is 0 Å². The summed E-state index contributed by atoms with van der Waals surface area (Å²) in [5.41, 5.74) is 2.50. The lowest BCUT2D eigenvalue weighted by molar-refractivity contribution is -0.138. The molecule has 0 unspecified atom stereocenters. The monoisotopic (exact) mass is 413 g/mol. The molecule has 0 heterocycles. The summed E-state index contributed by atoms with van der Waals surface area (Å²) >= 11 is 0. The fourth-order valence-corrected chi connectivity index (χ4v) is 2.73. The zero-order chi connectivity index (χ0) is 22.1. The molecule has 0 aliphatic heterocycles. The topological polar surface area (TPSA) is 85.6 Å². The smallest absolute Gasteiger partial charge is 0.343 e. The lowest BCUT2D eigenvalue weighted by Crippen LogP contribution is -2.11. The number of benzene rings is 3. The van der Waals surface area contributed by atoms with E-state index in [-0.39, 0.29) is 13.2 Å². The van der Waals surface area contributed by atoms with E-state index >= 15 is 0 Å². The number of carbonyl (C=O) groups excluding carboxylic acids is 2. The molecule has 6 nitrogen and oxygen atoms in total. The van der Waals surface area contributed by atoms with E-state index in [1.54, 1.807) is 48.5 Å². The molecule has 154 valence electrons. The minimum atomic E-state index is -0.511. The van der Waals surface area contributed by atoms with Crippen molar-refractivity contribution in [3.05, 3.63) is 96.6 Å². The molecule has 3 aromatic rings. The SMILES string of the molecule is C=CC(=O)OCCOc1ccc(C(=O)Oc2ccccc2-c2ccc(C#N)cc2)cc1. The third-order valence-electron chi connectivity index (χ3n) is 4.27. The summed E-state index contributed by atoms with van der Waals surface area (Å²) in [6.07, 6.45) is 1.08. The van der Waals surface area contributed by atoms with Crippen LogP contribution >= 0.6 is 0 Å². The van der Waals surface area contributed by atoms with Gasteiger partial charge in [-0.2, -0.15) is 5.26 Å². The molecule has 31 heavy (non-hydrogen) atoms. The number of ether oxygens (including phenoxy) is 3. The van der Waals surface area contributed by atoms with Crippen LogP contribution in [0.25, 0.3) is 11.1 Å². The second-order valence-corrected chi connectivity index (χ2v) is 6.32. The molecule has 3 aromatic carbocycles. The summed E-state index contributed by atoms with van der Waals surface area (Å²) in [7, 11) is 0. The first kappa shape index (κ1) is 21.3. The van der Waals surface area contributed by atoms with Gasteiger partial charge in [-0.15, -0.1) is 0 Å². The van der Waals surface area contributed by atoms with Gasteiger partial charge in [-0.1, -0.05) is 36.9 Å². The fraction of sp³-hybridized carbons (Fsp3) is 0.0800. The molecule has 0 aliphatic carbocycles. The fourth-order valence-electron chi connectivity index (χ4n) is 2.73. The molecule has 0 saturated carbocycles. The summed E-state index contributed by atoms with van der Waals surface area (Å²) in [6, 6.07) is 22.8. The van der Waals surface area contributed by atoms with Gasteiger partial charge >= 0.3 is 11.9 Å². The van der Waals surface area contributed by atoms with Gasteiger partial charge in [-0.05, 0) is 48.0 Å². The van der Waals surface area contributed by atoms with Gasteiger partial charge in [0.15, 0.2) is 0 Å². The Morgan fingerprint density at radius 2 is 1.65 bits per heavy atom. The Morgan fingerprint density at radius 1 is 0.935 bits per heavy atom. The number of rotatable bonds is 8. The van der Waals surface area contributed by atoms with E-state index < -0.39 is 11.9 Å². The molecule has 0 atom stereocenters. The quantitative estimate of drug-likeness (QED) is 0.233. The van der Waals surface area contributed by atoms with Gasteiger partial charge in [0, 0.05) is 11.6 Å². The van der Waals surface area contributed by atoms with Gasteiger partial charge in [0.2, 0.25) is 0 Å². The molecule has 0 aromatic heterocycles. The van der Waals surface area contributed by atoms with E-state index in [4.69, 9.17) is 19.5 Å². The Labute approximate surface area is 179 Å².